The molecule has 0 aromatic heterocycles. The van der Waals surface area contributed by atoms with E-state index in [9.17, 15) is 4.79 Å². The van der Waals surface area contributed by atoms with Crippen LogP contribution in [0.1, 0.15) is 18.1 Å². The van der Waals surface area contributed by atoms with E-state index in [1.807, 2.05) is 49.4 Å². The van der Waals surface area contributed by atoms with Crippen molar-refractivity contribution in [2.45, 2.75) is 6.92 Å². The minimum absolute atomic E-state index is 0.164. The Labute approximate surface area is 146 Å². The second-order valence-electron chi connectivity index (χ2n) is 5.42. The summed E-state index contributed by atoms with van der Waals surface area (Å²) in [6.45, 7) is 2.45. The molecular formula is C19H19N3O3. The summed E-state index contributed by atoms with van der Waals surface area (Å²) in [5.41, 5.74) is 2.77. The number of hydrogen-bond acceptors (Lipinski definition) is 5. The molecule has 0 radical (unpaired) electrons. The van der Waals surface area contributed by atoms with E-state index < -0.39 is 0 Å². The molecule has 0 unspecified atom stereocenters. The molecular weight excluding hydrogens is 318 g/mol. The van der Waals surface area contributed by atoms with Crippen LogP contribution in [0.2, 0.25) is 0 Å². The van der Waals surface area contributed by atoms with Gasteiger partial charge in [0.2, 0.25) is 0 Å². The van der Waals surface area contributed by atoms with Crippen molar-refractivity contribution in [2.24, 2.45) is 10.2 Å². The van der Waals surface area contributed by atoms with E-state index in [1.54, 1.807) is 25.3 Å². The van der Waals surface area contributed by atoms with Gasteiger partial charge in [0.1, 0.15) is 0 Å². The number of fused-ring (bicyclic) bond motifs is 1. The summed E-state index contributed by atoms with van der Waals surface area (Å²) < 4.78 is 10.8. The van der Waals surface area contributed by atoms with Crippen molar-refractivity contribution >= 4 is 23.5 Å². The number of likely N-dealkylation sites (N-methyl/N-ethyl adjacent to an activating group) is 1. The van der Waals surface area contributed by atoms with Crippen molar-refractivity contribution in [1.29, 1.82) is 0 Å². The Hall–Kier alpha value is -3.15. The predicted molar refractivity (Wildman–Crippen MR) is 98.1 cm³/mol. The molecule has 25 heavy (non-hydrogen) atoms. The van der Waals surface area contributed by atoms with Crippen molar-refractivity contribution in [3.8, 4) is 11.5 Å². The average Bonchev–Trinajstić information content (AvgIpc) is 2.87. The number of hydrogen-bond donors (Lipinski definition) is 0. The second-order valence-corrected chi connectivity index (χ2v) is 5.42. The minimum Gasteiger partial charge on any atom is -0.493 e. The van der Waals surface area contributed by atoms with Gasteiger partial charge in [-0.05, 0) is 36.8 Å². The van der Waals surface area contributed by atoms with E-state index in [1.165, 1.54) is 0 Å². The van der Waals surface area contributed by atoms with Gasteiger partial charge in [0.25, 0.3) is 5.91 Å². The van der Waals surface area contributed by atoms with Crippen LogP contribution in [0, 0.1) is 0 Å². The van der Waals surface area contributed by atoms with Crippen LogP contribution in [0.3, 0.4) is 0 Å². The number of methoxy groups -OCH3 is 1. The summed E-state index contributed by atoms with van der Waals surface area (Å²) in [5.74, 6) is 1.14. The van der Waals surface area contributed by atoms with Crippen molar-refractivity contribution in [1.82, 2.24) is 0 Å². The quantitative estimate of drug-likeness (QED) is 0.622. The van der Waals surface area contributed by atoms with Crippen LogP contribution >= 0.6 is 0 Å². The smallest absolute Gasteiger partial charge is 0.279 e. The SMILES string of the molecule is CCOc1cc(/C=N\N=C2/C(=O)N(C)c3ccccc32)ccc1OC. The number of para-hydroxylation sites is 1. The lowest BCUT2D eigenvalue weighted by molar-refractivity contribution is -0.111. The Morgan fingerprint density at radius 1 is 1.16 bits per heavy atom. The number of nitrogens with zero attached hydrogens (tertiary/aromatic N) is 3. The maximum Gasteiger partial charge on any atom is 0.279 e. The average molecular weight is 337 g/mol. The zero-order chi connectivity index (χ0) is 17.8. The van der Waals surface area contributed by atoms with E-state index >= 15 is 0 Å². The molecule has 1 aliphatic rings. The highest BCUT2D eigenvalue weighted by Crippen LogP contribution is 2.28. The fraction of sp³-hybridized carbons (Fsp3) is 0.211. The van der Waals surface area contributed by atoms with Crippen molar-refractivity contribution < 1.29 is 14.3 Å². The molecule has 128 valence electrons. The molecule has 0 N–H and O–H groups in total. The molecule has 0 saturated carbocycles. The Kier molecular flexibility index (Phi) is 4.79. The summed E-state index contributed by atoms with van der Waals surface area (Å²) in [7, 11) is 3.32. The molecule has 6 heteroatoms. The highest BCUT2D eigenvalue weighted by atomic mass is 16.5. The Morgan fingerprint density at radius 2 is 1.96 bits per heavy atom. The Balaban J connectivity index is 1.87. The van der Waals surface area contributed by atoms with Gasteiger partial charge in [0.05, 0.1) is 25.6 Å². The molecule has 0 atom stereocenters. The zero-order valence-corrected chi connectivity index (χ0v) is 14.4. The van der Waals surface area contributed by atoms with Gasteiger partial charge in [0.15, 0.2) is 17.2 Å². The molecule has 1 heterocycles. The highest BCUT2D eigenvalue weighted by Gasteiger charge is 2.30. The van der Waals surface area contributed by atoms with Crippen LogP contribution < -0.4 is 14.4 Å². The van der Waals surface area contributed by atoms with E-state index in [-0.39, 0.29) is 5.91 Å². The molecule has 2 aromatic carbocycles. The van der Waals surface area contributed by atoms with Gasteiger partial charge in [-0.2, -0.15) is 5.10 Å². The molecule has 3 rings (SSSR count). The van der Waals surface area contributed by atoms with Crippen LogP contribution in [-0.4, -0.2) is 38.6 Å². The third-order valence-corrected chi connectivity index (χ3v) is 3.88. The van der Waals surface area contributed by atoms with Gasteiger partial charge in [-0.3, -0.25) is 4.79 Å². The fourth-order valence-electron chi connectivity index (χ4n) is 2.64. The zero-order valence-electron chi connectivity index (χ0n) is 14.4. The monoisotopic (exact) mass is 337 g/mol. The van der Waals surface area contributed by atoms with Gasteiger partial charge in [-0.1, -0.05) is 18.2 Å². The fourth-order valence-corrected chi connectivity index (χ4v) is 2.64. The summed E-state index contributed by atoms with van der Waals surface area (Å²) in [6, 6.07) is 13.0. The highest BCUT2D eigenvalue weighted by molar-refractivity contribution is 6.54. The standard InChI is InChI=1S/C19H19N3O3/c1-4-25-17-11-13(9-10-16(17)24-3)12-20-21-18-14-7-5-6-8-15(14)22(2)19(18)23/h5-12H,4H2,1-3H3/b20-12-,21-18-. The van der Waals surface area contributed by atoms with Crippen LogP contribution in [0.25, 0.3) is 0 Å². The Bertz CT molecular complexity index is 859. The largest absolute Gasteiger partial charge is 0.493 e. The van der Waals surface area contributed by atoms with Crippen LogP contribution in [-0.2, 0) is 4.79 Å². The molecule has 1 aliphatic heterocycles. The first-order chi connectivity index (χ1) is 12.2. The van der Waals surface area contributed by atoms with Crippen LogP contribution in [0.5, 0.6) is 11.5 Å². The summed E-state index contributed by atoms with van der Waals surface area (Å²) >= 11 is 0. The predicted octanol–water partition coefficient (Wildman–Crippen LogP) is 2.89. The lowest BCUT2D eigenvalue weighted by atomic mass is 10.1. The maximum atomic E-state index is 12.3. The topological polar surface area (TPSA) is 63.5 Å². The summed E-state index contributed by atoms with van der Waals surface area (Å²) in [6.07, 6.45) is 1.59. The third-order valence-electron chi connectivity index (χ3n) is 3.88. The second kappa shape index (κ2) is 7.17. The molecule has 0 saturated heterocycles. The number of amides is 1. The van der Waals surface area contributed by atoms with Gasteiger partial charge >= 0.3 is 0 Å². The van der Waals surface area contributed by atoms with Gasteiger partial charge in [-0.25, -0.2) is 0 Å². The lowest BCUT2D eigenvalue weighted by Crippen LogP contribution is -2.25. The number of ether oxygens (including phenoxy) is 2. The van der Waals surface area contributed by atoms with Crippen LogP contribution in [0.15, 0.2) is 52.7 Å². The molecule has 0 bridgehead atoms. The first-order valence-electron chi connectivity index (χ1n) is 7.95. The molecule has 2 aromatic rings. The summed E-state index contributed by atoms with van der Waals surface area (Å²) in [5, 5.41) is 8.22. The molecule has 1 amide bonds. The van der Waals surface area contributed by atoms with Crippen molar-refractivity contribution in [3.05, 3.63) is 53.6 Å². The number of benzene rings is 2. The minimum atomic E-state index is -0.164. The number of carbonyl (C=O) groups excluding carboxylic acids is 1. The molecule has 0 aliphatic carbocycles. The van der Waals surface area contributed by atoms with Crippen molar-refractivity contribution in [3.63, 3.8) is 0 Å². The summed E-state index contributed by atoms with van der Waals surface area (Å²) in [4.78, 5) is 13.9. The van der Waals surface area contributed by atoms with E-state index in [0.29, 0.717) is 23.8 Å². The first kappa shape index (κ1) is 16.7. The number of carbonyl (C=O) groups is 1. The van der Waals surface area contributed by atoms with Crippen molar-refractivity contribution in [2.75, 3.05) is 25.7 Å². The molecule has 6 nitrogen and oxygen atoms in total. The Morgan fingerprint density at radius 3 is 2.72 bits per heavy atom. The lowest BCUT2D eigenvalue weighted by Gasteiger charge is -2.09. The van der Waals surface area contributed by atoms with Crippen LogP contribution in [0.4, 0.5) is 5.69 Å². The normalized spacial score (nSPS) is 15.1. The van der Waals surface area contributed by atoms with Gasteiger partial charge in [0, 0.05) is 12.6 Å². The van der Waals surface area contributed by atoms with Gasteiger partial charge < -0.3 is 14.4 Å². The maximum absolute atomic E-state index is 12.3. The van der Waals surface area contributed by atoms with E-state index in [4.69, 9.17) is 9.47 Å². The number of anilines is 1. The van der Waals surface area contributed by atoms with Gasteiger partial charge in [-0.15, -0.1) is 5.10 Å². The molecule has 0 fully saturated rings. The molecule has 0 spiro atoms. The van der Waals surface area contributed by atoms with E-state index in [0.717, 1.165) is 16.8 Å². The van der Waals surface area contributed by atoms with E-state index in [2.05, 4.69) is 10.2 Å². The number of rotatable bonds is 5. The first-order valence-corrected chi connectivity index (χ1v) is 7.95. The third kappa shape index (κ3) is 3.24.